The van der Waals surface area contributed by atoms with Gasteiger partial charge < -0.3 is 5.32 Å². The molecule has 0 radical (unpaired) electrons. The summed E-state index contributed by atoms with van der Waals surface area (Å²) in [5, 5.41) is 14.4. The van der Waals surface area contributed by atoms with Crippen LogP contribution in [0.4, 0.5) is 5.69 Å². The van der Waals surface area contributed by atoms with Gasteiger partial charge in [-0.25, -0.2) is 9.97 Å². The first kappa shape index (κ1) is 14.4. The average molecular weight is 293 g/mol. The van der Waals surface area contributed by atoms with Crippen LogP contribution in [0.15, 0.2) is 30.5 Å². The maximum Gasteiger partial charge on any atom is 0.269 e. The molecule has 0 amide bonds. The number of non-ortho nitro benzene ring substituents is 1. The van der Waals surface area contributed by atoms with Crippen molar-refractivity contribution in [1.29, 1.82) is 0 Å². The van der Waals surface area contributed by atoms with E-state index in [9.17, 15) is 10.1 Å². The Hall–Kier alpha value is -2.05. The summed E-state index contributed by atoms with van der Waals surface area (Å²) in [5.41, 5.74) is 1.58. The van der Waals surface area contributed by atoms with E-state index in [1.54, 1.807) is 6.20 Å². The minimum absolute atomic E-state index is 0.0316. The second-order valence-electron chi connectivity index (χ2n) is 4.23. The number of rotatable bonds is 5. The second-order valence-corrected chi connectivity index (χ2v) is 4.64. The molecule has 0 saturated carbocycles. The first-order valence-corrected chi connectivity index (χ1v) is 6.36. The zero-order chi connectivity index (χ0) is 14.5. The van der Waals surface area contributed by atoms with E-state index in [1.165, 1.54) is 18.2 Å². The summed E-state index contributed by atoms with van der Waals surface area (Å²) < 4.78 is 0. The van der Waals surface area contributed by atoms with Crippen LogP contribution in [0.5, 0.6) is 0 Å². The van der Waals surface area contributed by atoms with Gasteiger partial charge in [0.15, 0.2) is 0 Å². The highest BCUT2D eigenvalue weighted by atomic mass is 35.5. The predicted molar refractivity (Wildman–Crippen MR) is 75.4 cm³/mol. The van der Waals surface area contributed by atoms with Crippen LogP contribution in [0, 0.1) is 17.0 Å². The van der Waals surface area contributed by atoms with E-state index in [-0.39, 0.29) is 5.69 Å². The first-order chi connectivity index (χ1) is 9.56. The highest BCUT2D eigenvalue weighted by Gasteiger charge is 2.09. The summed E-state index contributed by atoms with van der Waals surface area (Å²) >= 11 is 6.02. The van der Waals surface area contributed by atoms with Crippen LogP contribution in [-0.2, 0) is 13.1 Å². The minimum atomic E-state index is -0.437. The van der Waals surface area contributed by atoms with Crippen LogP contribution in [-0.4, -0.2) is 14.9 Å². The number of halogens is 1. The van der Waals surface area contributed by atoms with E-state index < -0.39 is 4.92 Å². The van der Waals surface area contributed by atoms with Crippen molar-refractivity contribution in [3.05, 3.63) is 62.7 Å². The normalized spacial score (nSPS) is 10.5. The average Bonchev–Trinajstić information content (AvgIpc) is 2.40. The van der Waals surface area contributed by atoms with Crippen molar-refractivity contribution in [2.24, 2.45) is 0 Å². The topological polar surface area (TPSA) is 81.0 Å². The summed E-state index contributed by atoms with van der Waals surface area (Å²) in [7, 11) is 0. The Labute approximate surface area is 121 Å². The largest absolute Gasteiger partial charge is 0.307 e. The third-order valence-electron chi connectivity index (χ3n) is 2.70. The zero-order valence-electron chi connectivity index (χ0n) is 10.8. The van der Waals surface area contributed by atoms with Crippen LogP contribution >= 0.6 is 11.6 Å². The number of nitrogens with one attached hydrogen (secondary N) is 1. The molecule has 0 unspecified atom stereocenters. The van der Waals surface area contributed by atoms with Gasteiger partial charge in [0.1, 0.15) is 5.82 Å². The molecule has 6 nitrogen and oxygen atoms in total. The monoisotopic (exact) mass is 292 g/mol. The maximum atomic E-state index is 10.7. The molecule has 2 aromatic rings. The molecule has 20 heavy (non-hydrogen) atoms. The molecule has 0 aliphatic carbocycles. The SMILES string of the molecule is Cc1nccc(CNCc2cc([N+](=O)[O-])ccc2Cl)n1. The van der Waals surface area contributed by atoms with E-state index >= 15 is 0 Å². The standard InChI is InChI=1S/C13H13ClN4O2/c1-9-16-5-4-11(17-9)8-15-7-10-6-12(18(19)20)2-3-13(10)14/h2-6,15H,7-8H2,1H3. The number of nitro benzene ring substituents is 1. The van der Waals surface area contributed by atoms with E-state index in [4.69, 9.17) is 11.6 Å². The molecule has 1 heterocycles. The van der Waals surface area contributed by atoms with E-state index in [2.05, 4.69) is 15.3 Å². The fraction of sp³-hybridized carbons (Fsp3) is 0.231. The molecule has 7 heteroatoms. The van der Waals surface area contributed by atoms with Crippen LogP contribution < -0.4 is 5.32 Å². The van der Waals surface area contributed by atoms with Gasteiger partial charge in [0.2, 0.25) is 0 Å². The number of aromatic nitrogens is 2. The Morgan fingerprint density at radius 3 is 2.85 bits per heavy atom. The maximum absolute atomic E-state index is 10.7. The fourth-order valence-corrected chi connectivity index (χ4v) is 1.92. The molecule has 0 spiro atoms. The Kier molecular flexibility index (Phi) is 4.60. The quantitative estimate of drug-likeness (QED) is 0.677. The Morgan fingerprint density at radius 1 is 1.35 bits per heavy atom. The molecule has 104 valence electrons. The van der Waals surface area contributed by atoms with E-state index in [0.717, 1.165) is 5.69 Å². The van der Waals surface area contributed by atoms with Crippen molar-refractivity contribution in [3.8, 4) is 0 Å². The molecule has 0 aliphatic heterocycles. The number of nitro groups is 1. The van der Waals surface area contributed by atoms with Gasteiger partial charge in [-0.1, -0.05) is 11.6 Å². The first-order valence-electron chi connectivity index (χ1n) is 5.98. The molecule has 0 saturated heterocycles. The van der Waals surface area contributed by atoms with Crippen LogP contribution in [0.3, 0.4) is 0 Å². The third-order valence-corrected chi connectivity index (χ3v) is 3.06. The fourth-order valence-electron chi connectivity index (χ4n) is 1.74. The molecule has 0 fully saturated rings. The van der Waals surface area contributed by atoms with Gasteiger partial charge in [-0.3, -0.25) is 10.1 Å². The lowest BCUT2D eigenvalue weighted by atomic mass is 10.2. The number of hydrogen-bond acceptors (Lipinski definition) is 5. The van der Waals surface area contributed by atoms with Gasteiger partial charge in [-0.2, -0.15) is 0 Å². The van der Waals surface area contributed by atoms with Gasteiger partial charge in [0.25, 0.3) is 5.69 Å². The number of hydrogen-bond donors (Lipinski definition) is 1. The lowest BCUT2D eigenvalue weighted by Crippen LogP contribution is -2.14. The Bertz CT molecular complexity index is 634. The third kappa shape index (κ3) is 3.72. The smallest absolute Gasteiger partial charge is 0.269 e. The number of aryl methyl sites for hydroxylation is 1. The van der Waals surface area contributed by atoms with Gasteiger partial charge >= 0.3 is 0 Å². The summed E-state index contributed by atoms with van der Waals surface area (Å²) in [4.78, 5) is 18.6. The van der Waals surface area contributed by atoms with E-state index in [0.29, 0.717) is 29.5 Å². The molecular weight excluding hydrogens is 280 g/mol. The predicted octanol–water partition coefficient (Wildman–Crippen LogP) is 2.64. The van der Waals surface area contributed by atoms with Gasteiger partial charge in [-0.05, 0) is 24.6 Å². The molecule has 1 aromatic carbocycles. The van der Waals surface area contributed by atoms with Gasteiger partial charge in [0.05, 0.1) is 10.6 Å². The lowest BCUT2D eigenvalue weighted by molar-refractivity contribution is -0.384. The molecule has 2 rings (SSSR count). The van der Waals surface area contributed by atoms with Crippen LogP contribution in [0.1, 0.15) is 17.1 Å². The molecule has 1 N–H and O–H groups in total. The van der Waals surface area contributed by atoms with Crippen molar-refractivity contribution in [2.75, 3.05) is 0 Å². The minimum Gasteiger partial charge on any atom is -0.307 e. The van der Waals surface area contributed by atoms with Crippen LogP contribution in [0.2, 0.25) is 5.02 Å². The summed E-state index contributed by atoms with van der Waals surface area (Å²) in [6, 6.07) is 6.21. The second kappa shape index (κ2) is 6.40. The van der Waals surface area contributed by atoms with Crippen molar-refractivity contribution < 1.29 is 4.92 Å². The highest BCUT2D eigenvalue weighted by Crippen LogP contribution is 2.21. The van der Waals surface area contributed by atoms with Crippen LogP contribution in [0.25, 0.3) is 0 Å². The molecule has 1 aromatic heterocycles. The number of nitrogens with zero attached hydrogens (tertiary/aromatic N) is 3. The van der Waals surface area contributed by atoms with Crippen molar-refractivity contribution in [2.45, 2.75) is 20.0 Å². The van der Waals surface area contributed by atoms with Crippen molar-refractivity contribution >= 4 is 17.3 Å². The summed E-state index contributed by atoms with van der Waals surface area (Å²) in [6.07, 6.45) is 1.69. The molecule has 0 atom stereocenters. The van der Waals surface area contributed by atoms with Crippen molar-refractivity contribution in [3.63, 3.8) is 0 Å². The number of benzene rings is 1. The van der Waals surface area contributed by atoms with E-state index in [1.807, 2.05) is 13.0 Å². The zero-order valence-corrected chi connectivity index (χ0v) is 11.6. The summed E-state index contributed by atoms with van der Waals surface area (Å²) in [5.74, 6) is 0.706. The molecule has 0 bridgehead atoms. The van der Waals surface area contributed by atoms with Gasteiger partial charge in [0, 0.05) is 36.4 Å². The Morgan fingerprint density at radius 2 is 2.15 bits per heavy atom. The lowest BCUT2D eigenvalue weighted by Gasteiger charge is -2.06. The Balaban J connectivity index is 2.00. The molecule has 0 aliphatic rings. The van der Waals surface area contributed by atoms with Crippen molar-refractivity contribution in [1.82, 2.24) is 15.3 Å². The summed E-state index contributed by atoms with van der Waals surface area (Å²) in [6.45, 7) is 2.80. The molecular formula is C13H13ClN4O2. The van der Waals surface area contributed by atoms with Gasteiger partial charge in [-0.15, -0.1) is 0 Å². The highest BCUT2D eigenvalue weighted by molar-refractivity contribution is 6.31.